The predicted octanol–water partition coefficient (Wildman–Crippen LogP) is 4.56. The van der Waals surface area contributed by atoms with E-state index in [2.05, 4.69) is 26.5 Å². The van der Waals surface area contributed by atoms with Gasteiger partial charge in [0, 0.05) is 4.47 Å². The topological polar surface area (TPSA) is 41.5 Å². The molecule has 0 unspecified atom stereocenters. The molecule has 1 amide bonds. The highest BCUT2D eigenvalue weighted by molar-refractivity contribution is 9.10. The van der Waals surface area contributed by atoms with Crippen molar-refractivity contribution in [3.63, 3.8) is 0 Å². The first-order valence-electron chi connectivity index (χ1n) is 6.34. The molecule has 0 fully saturated rings. The summed E-state index contributed by atoms with van der Waals surface area (Å²) >= 11 is 9.44. The molecule has 3 nitrogen and oxygen atoms in total. The van der Waals surface area contributed by atoms with Gasteiger partial charge in [-0.2, -0.15) is 5.10 Å². The van der Waals surface area contributed by atoms with Crippen molar-refractivity contribution < 1.29 is 4.79 Å². The van der Waals surface area contributed by atoms with Crippen LogP contribution >= 0.6 is 27.5 Å². The molecule has 0 saturated heterocycles. The molecular formula is C16H14BrClN2O. The van der Waals surface area contributed by atoms with Gasteiger partial charge in [-0.15, -0.1) is 0 Å². The van der Waals surface area contributed by atoms with Gasteiger partial charge in [0.2, 0.25) is 0 Å². The number of nitrogens with zero attached hydrogens (tertiary/aromatic N) is 1. The molecule has 1 N–H and O–H groups in total. The molecule has 0 aliphatic carbocycles. The molecule has 0 heterocycles. The minimum atomic E-state index is -0.323. The second kappa shape index (κ2) is 6.87. The van der Waals surface area contributed by atoms with Crippen LogP contribution in [0.2, 0.25) is 5.02 Å². The Kier molecular flexibility index (Phi) is 5.15. The predicted molar refractivity (Wildman–Crippen MR) is 90.0 cm³/mol. The summed E-state index contributed by atoms with van der Waals surface area (Å²) in [6.07, 6.45) is 0. The van der Waals surface area contributed by atoms with E-state index < -0.39 is 0 Å². The molecule has 0 aliphatic heterocycles. The van der Waals surface area contributed by atoms with Crippen LogP contribution in [-0.2, 0) is 0 Å². The highest BCUT2D eigenvalue weighted by atomic mass is 79.9. The fraction of sp³-hybridized carbons (Fsp3) is 0.125. The molecule has 0 saturated carbocycles. The Morgan fingerprint density at radius 2 is 1.86 bits per heavy atom. The quantitative estimate of drug-likeness (QED) is 0.628. The largest absolute Gasteiger partial charge is 0.272 e. The van der Waals surface area contributed by atoms with Crippen LogP contribution in [0.5, 0.6) is 0 Å². The Hall–Kier alpha value is -1.65. The van der Waals surface area contributed by atoms with Crippen molar-refractivity contribution in [3.8, 4) is 0 Å². The van der Waals surface area contributed by atoms with Gasteiger partial charge in [0.1, 0.15) is 0 Å². The average molecular weight is 366 g/mol. The lowest BCUT2D eigenvalue weighted by Crippen LogP contribution is -2.19. The lowest BCUT2D eigenvalue weighted by molar-refractivity contribution is 0.0955. The van der Waals surface area contributed by atoms with Crippen LogP contribution in [0.1, 0.15) is 28.4 Å². The number of halogens is 2. The number of rotatable bonds is 3. The zero-order valence-corrected chi connectivity index (χ0v) is 14.0. The Morgan fingerprint density at radius 1 is 1.19 bits per heavy atom. The monoisotopic (exact) mass is 364 g/mol. The van der Waals surface area contributed by atoms with E-state index in [0.29, 0.717) is 10.6 Å². The van der Waals surface area contributed by atoms with Gasteiger partial charge < -0.3 is 0 Å². The molecule has 0 radical (unpaired) electrons. The molecule has 5 heteroatoms. The molecule has 0 aliphatic rings. The molecule has 0 spiro atoms. The van der Waals surface area contributed by atoms with Crippen LogP contribution in [0.3, 0.4) is 0 Å². The summed E-state index contributed by atoms with van der Waals surface area (Å²) in [6, 6.07) is 13.0. The lowest BCUT2D eigenvalue weighted by Gasteiger charge is -2.05. The number of carbonyl (C=O) groups excluding carboxylic acids is 1. The second-order valence-corrected chi connectivity index (χ2v) is 5.95. The average Bonchev–Trinajstić information content (AvgIpc) is 2.45. The second-order valence-electron chi connectivity index (χ2n) is 4.63. The van der Waals surface area contributed by atoms with Crippen molar-refractivity contribution in [1.29, 1.82) is 0 Å². The SMILES string of the molecule is CC(=NNC(=O)c1ccc(C)cc1Cl)c1ccc(Br)cc1. The molecule has 0 bridgehead atoms. The molecule has 2 aromatic rings. The molecule has 2 rings (SSSR count). The maximum atomic E-state index is 12.1. The number of benzene rings is 2. The summed E-state index contributed by atoms with van der Waals surface area (Å²) in [5.74, 6) is -0.323. The summed E-state index contributed by atoms with van der Waals surface area (Å²) in [5.41, 5.74) is 5.60. The number of hydrogen-bond donors (Lipinski definition) is 1. The number of hydrazone groups is 1. The third-order valence-corrected chi connectivity index (χ3v) is 3.80. The van der Waals surface area contributed by atoms with Gasteiger partial charge in [0.05, 0.1) is 16.3 Å². The van der Waals surface area contributed by atoms with Crippen LogP contribution in [0.4, 0.5) is 0 Å². The van der Waals surface area contributed by atoms with E-state index in [-0.39, 0.29) is 5.91 Å². The molecule has 2 aromatic carbocycles. The Labute approximate surface area is 137 Å². The maximum absolute atomic E-state index is 12.1. The highest BCUT2D eigenvalue weighted by Gasteiger charge is 2.09. The van der Waals surface area contributed by atoms with Gasteiger partial charge in [-0.3, -0.25) is 4.79 Å². The van der Waals surface area contributed by atoms with Gasteiger partial charge in [0.15, 0.2) is 0 Å². The van der Waals surface area contributed by atoms with E-state index >= 15 is 0 Å². The van der Waals surface area contributed by atoms with Crippen molar-refractivity contribution in [2.45, 2.75) is 13.8 Å². The van der Waals surface area contributed by atoms with Crippen molar-refractivity contribution in [3.05, 3.63) is 68.7 Å². The zero-order valence-electron chi connectivity index (χ0n) is 11.7. The van der Waals surface area contributed by atoms with Gasteiger partial charge >= 0.3 is 0 Å². The first-order chi connectivity index (χ1) is 9.97. The van der Waals surface area contributed by atoms with E-state index in [1.54, 1.807) is 12.1 Å². The van der Waals surface area contributed by atoms with Crippen molar-refractivity contribution in [1.82, 2.24) is 5.43 Å². The minimum Gasteiger partial charge on any atom is -0.267 e. The van der Waals surface area contributed by atoms with E-state index in [4.69, 9.17) is 11.6 Å². The number of amides is 1. The summed E-state index contributed by atoms with van der Waals surface area (Å²) in [7, 11) is 0. The summed E-state index contributed by atoms with van der Waals surface area (Å²) in [6.45, 7) is 3.75. The van der Waals surface area contributed by atoms with Gasteiger partial charge in [-0.05, 0) is 49.2 Å². The highest BCUT2D eigenvalue weighted by Crippen LogP contribution is 2.17. The lowest BCUT2D eigenvalue weighted by atomic mass is 10.1. The number of hydrogen-bond acceptors (Lipinski definition) is 2. The fourth-order valence-electron chi connectivity index (χ4n) is 1.75. The van der Waals surface area contributed by atoms with E-state index in [9.17, 15) is 4.79 Å². The minimum absolute atomic E-state index is 0.323. The Bertz CT molecular complexity index is 696. The van der Waals surface area contributed by atoms with E-state index in [1.165, 1.54) is 0 Å². The van der Waals surface area contributed by atoms with Gasteiger partial charge in [-0.1, -0.05) is 45.7 Å². The van der Waals surface area contributed by atoms with Crippen LogP contribution in [0, 0.1) is 6.92 Å². The first kappa shape index (κ1) is 15.7. The number of carbonyl (C=O) groups is 1. The van der Waals surface area contributed by atoms with Crippen molar-refractivity contribution >= 4 is 39.1 Å². The summed E-state index contributed by atoms with van der Waals surface area (Å²) in [5, 5.41) is 4.53. The summed E-state index contributed by atoms with van der Waals surface area (Å²) in [4.78, 5) is 12.1. The van der Waals surface area contributed by atoms with Gasteiger partial charge in [-0.25, -0.2) is 5.43 Å². The molecule has 0 atom stereocenters. The molecule has 0 aromatic heterocycles. The normalized spacial score (nSPS) is 11.3. The molecular weight excluding hydrogens is 352 g/mol. The Morgan fingerprint density at radius 3 is 2.48 bits per heavy atom. The number of aryl methyl sites for hydroxylation is 1. The van der Waals surface area contributed by atoms with E-state index in [1.807, 2.05) is 44.2 Å². The standard InChI is InChI=1S/C16H14BrClN2O/c1-10-3-8-14(15(18)9-10)16(21)20-19-11(2)12-4-6-13(17)7-5-12/h3-9H,1-2H3,(H,20,21). The molecule has 21 heavy (non-hydrogen) atoms. The molecule has 108 valence electrons. The van der Waals surface area contributed by atoms with E-state index in [0.717, 1.165) is 21.3 Å². The Balaban J connectivity index is 2.12. The van der Waals surface area contributed by atoms with Crippen molar-refractivity contribution in [2.75, 3.05) is 0 Å². The summed E-state index contributed by atoms with van der Waals surface area (Å²) < 4.78 is 0.995. The first-order valence-corrected chi connectivity index (χ1v) is 7.51. The zero-order chi connectivity index (χ0) is 15.4. The maximum Gasteiger partial charge on any atom is 0.272 e. The van der Waals surface area contributed by atoms with Gasteiger partial charge in [0.25, 0.3) is 5.91 Å². The third kappa shape index (κ3) is 4.16. The fourth-order valence-corrected chi connectivity index (χ4v) is 2.34. The van der Waals surface area contributed by atoms with Crippen molar-refractivity contribution in [2.24, 2.45) is 5.10 Å². The van der Waals surface area contributed by atoms with Crippen LogP contribution < -0.4 is 5.43 Å². The van der Waals surface area contributed by atoms with Crippen LogP contribution in [0.15, 0.2) is 52.0 Å². The third-order valence-electron chi connectivity index (χ3n) is 2.96. The van der Waals surface area contributed by atoms with Crippen LogP contribution in [-0.4, -0.2) is 11.6 Å². The number of nitrogens with one attached hydrogen (secondary N) is 1. The smallest absolute Gasteiger partial charge is 0.267 e. The van der Waals surface area contributed by atoms with Crippen LogP contribution in [0.25, 0.3) is 0 Å².